The molecule has 3 N–H and O–H groups in total. The molecule has 0 bridgehead atoms. The fourth-order valence-corrected chi connectivity index (χ4v) is 0.872. The Morgan fingerprint density at radius 1 is 1.46 bits per heavy atom. The summed E-state index contributed by atoms with van der Waals surface area (Å²) in [5.41, 5.74) is 0.176. The van der Waals surface area contributed by atoms with Crippen molar-refractivity contribution in [3.63, 3.8) is 0 Å². The van der Waals surface area contributed by atoms with E-state index in [1.54, 1.807) is 0 Å². The van der Waals surface area contributed by atoms with Gasteiger partial charge in [-0.25, -0.2) is 4.79 Å². The van der Waals surface area contributed by atoms with Crippen LogP contribution in [0.25, 0.3) is 0 Å². The second-order valence-electron chi connectivity index (χ2n) is 2.33. The minimum absolute atomic E-state index is 0.225. The average molecular weight is 181 g/mol. The Hall–Kier alpha value is -2.04. The molecule has 0 aliphatic rings. The molecule has 0 unspecified atom stereocenters. The standard InChI is InChI=1S/C8H7NO4/c10-7-2-1-5(4-9-13)3-6(7)8(11)12/h1-4,10,13H,(H,11,12)/b9-4+. The first-order chi connectivity index (χ1) is 6.15. The third-order valence-corrected chi connectivity index (χ3v) is 1.46. The number of aromatic hydroxyl groups is 1. The molecule has 0 radical (unpaired) electrons. The minimum Gasteiger partial charge on any atom is -0.507 e. The minimum atomic E-state index is -1.23. The second kappa shape index (κ2) is 3.57. The number of phenols is 1. The zero-order valence-electron chi connectivity index (χ0n) is 6.51. The second-order valence-corrected chi connectivity index (χ2v) is 2.33. The summed E-state index contributed by atoms with van der Waals surface area (Å²) in [4.78, 5) is 10.5. The van der Waals surface area contributed by atoms with Crippen LogP contribution in [0.15, 0.2) is 23.4 Å². The molecule has 5 nitrogen and oxygen atoms in total. The van der Waals surface area contributed by atoms with Crippen molar-refractivity contribution in [3.8, 4) is 5.75 Å². The third-order valence-electron chi connectivity index (χ3n) is 1.46. The molecule has 1 rings (SSSR count). The Kier molecular flexibility index (Phi) is 2.49. The van der Waals surface area contributed by atoms with E-state index < -0.39 is 5.97 Å². The molecule has 68 valence electrons. The highest BCUT2D eigenvalue weighted by Gasteiger charge is 2.08. The number of oxime groups is 1. The van der Waals surface area contributed by atoms with E-state index in [1.807, 2.05) is 0 Å². The molecule has 0 amide bonds. The van der Waals surface area contributed by atoms with Gasteiger partial charge in [0.2, 0.25) is 0 Å². The fourth-order valence-electron chi connectivity index (χ4n) is 0.872. The van der Waals surface area contributed by atoms with Crippen molar-refractivity contribution in [1.82, 2.24) is 0 Å². The fraction of sp³-hybridized carbons (Fsp3) is 0. The number of hydrogen-bond acceptors (Lipinski definition) is 4. The number of carboxylic acid groups (broad SMARTS) is 1. The highest BCUT2D eigenvalue weighted by molar-refractivity contribution is 5.93. The van der Waals surface area contributed by atoms with Gasteiger partial charge in [-0.15, -0.1) is 0 Å². The monoisotopic (exact) mass is 181 g/mol. The van der Waals surface area contributed by atoms with Crippen LogP contribution in [0, 0.1) is 0 Å². The molecular formula is C8H7NO4. The van der Waals surface area contributed by atoms with Crippen molar-refractivity contribution in [3.05, 3.63) is 29.3 Å². The predicted molar refractivity (Wildman–Crippen MR) is 44.4 cm³/mol. The lowest BCUT2D eigenvalue weighted by molar-refractivity contribution is 0.0693. The van der Waals surface area contributed by atoms with Gasteiger partial charge in [-0.2, -0.15) is 0 Å². The van der Waals surface area contributed by atoms with Crippen molar-refractivity contribution in [2.24, 2.45) is 5.16 Å². The van der Waals surface area contributed by atoms with Gasteiger partial charge in [-0.3, -0.25) is 0 Å². The Balaban J connectivity index is 3.18. The van der Waals surface area contributed by atoms with Crippen LogP contribution >= 0.6 is 0 Å². The molecule has 0 aliphatic heterocycles. The van der Waals surface area contributed by atoms with Gasteiger partial charge >= 0.3 is 5.97 Å². The molecule has 0 fully saturated rings. The average Bonchev–Trinajstić information content (AvgIpc) is 2.08. The van der Waals surface area contributed by atoms with Crippen LogP contribution in [0.4, 0.5) is 0 Å². The lowest BCUT2D eigenvalue weighted by atomic mass is 10.1. The van der Waals surface area contributed by atoms with E-state index in [1.165, 1.54) is 18.2 Å². The molecule has 0 aliphatic carbocycles. The highest BCUT2D eigenvalue weighted by atomic mass is 16.4. The van der Waals surface area contributed by atoms with Crippen molar-refractivity contribution < 1.29 is 20.2 Å². The number of hydrogen-bond donors (Lipinski definition) is 3. The van der Waals surface area contributed by atoms with Crippen LogP contribution in [0.5, 0.6) is 5.75 Å². The van der Waals surface area contributed by atoms with Crippen LogP contribution in [0.1, 0.15) is 15.9 Å². The molecule has 5 heteroatoms. The maximum absolute atomic E-state index is 10.5. The van der Waals surface area contributed by atoms with E-state index in [4.69, 9.17) is 15.4 Å². The SMILES string of the molecule is O=C(O)c1cc(/C=N/O)ccc1O. The highest BCUT2D eigenvalue weighted by Crippen LogP contribution is 2.17. The van der Waals surface area contributed by atoms with Gasteiger partial charge in [-0.05, 0) is 23.8 Å². The van der Waals surface area contributed by atoms with Crippen LogP contribution < -0.4 is 0 Å². The van der Waals surface area contributed by atoms with Crippen LogP contribution in [0.3, 0.4) is 0 Å². The number of rotatable bonds is 2. The summed E-state index contributed by atoms with van der Waals surface area (Å²) in [5.74, 6) is -1.55. The van der Waals surface area contributed by atoms with Gasteiger partial charge in [0.15, 0.2) is 0 Å². The van der Waals surface area contributed by atoms with Crippen LogP contribution in [-0.2, 0) is 0 Å². The number of carboxylic acids is 1. The molecule has 1 aromatic carbocycles. The third kappa shape index (κ3) is 1.96. The van der Waals surface area contributed by atoms with E-state index in [9.17, 15) is 4.79 Å². The molecular weight excluding hydrogens is 174 g/mol. The Morgan fingerprint density at radius 3 is 2.69 bits per heavy atom. The van der Waals surface area contributed by atoms with E-state index in [0.717, 1.165) is 6.21 Å². The maximum Gasteiger partial charge on any atom is 0.339 e. The predicted octanol–water partition coefficient (Wildman–Crippen LogP) is 0.898. The molecule has 0 saturated heterocycles. The van der Waals surface area contributed by atoms with E-state index in [2.05, 4.69) is 5.16 Å². The summed E-state index contributed by atoms with van der Waals surface area (Å²) in [6.07, 6.45) is 1.08. The summed E-state index contributed by atoms with van der Waals surface area (Å²) in [6, 6.07) is 3.86. The van der Waals surface area contributed by atoms with Crippen LogP contribution in [-0.4, -0.2) is 27.6 Å². The number of carbonyl (C=O) groups is 1. The first kappa shape index (κ1) is 9.05. The summed E-state index contributed by atoms with van der Waals surface area (Å²) >= 11 is 0. The number of aromatic carboxylic acids is 1. The van der Waals surface area contributed by atoms with Crippen molar-refractivity contribution >= 4 is 12.2 Å². The van der Waals surface area contributed by atoms with E-state index in [-0.39, 0.29) is 11.3 Å². The van der Waals surface area contributed by atoms with E-state index >= 15 is 0 Å². The maximum atomic E-state index is 10.5. The topological polar surface area (TPSA) is 90.1 Å². The smallest absolute Gasteiger partial charge is 0.339 e. The zero-order chi connectivity index (χ0) is 9.84. The van der Waals surface area contributed by atoms with Crippen molar-refractivity contribution in [2.75, 3.05) is 0 Å². The summed E-state index contributed by atoms with van der Waals surface area (Å²) < 4.78 is 0. The summed E-state index contributed by atoms with van der Waals surface area (Å²) in [6.45, 7) is 0. The molecule has 0 aromatic heterocycles. The van der Waals surface area contributed by atoms with Crippen molar-refractivity contribution in [2.45, 2.75) is 0 Å². The molecule has 0 saturated carbocycles. The first-order valence-electron chi connectivity index (χ1n) is 3.39. The normalized spacial score (nSPS) is 10.5. The molecule has 0 atom stereocenters. The first-order valence-corrected chi connectivity index (χ1v) is 3.39. The van der Waals surface area contributed by atoms with Gasteiger partial charge in [0.1, 0.15) is 11.3 Å². The van der Waals surface area contributed by atoms with Gasteiger partial charge in [0, 0.05) is 0 Å². The number of nitrogens with zero attached hydrogens (tertiary/aromatic N) is 1. The molecule has 13 heavy (non-hydrogen) atoms. The van der Waals surface area contributed by atoms with Crippen molar-refractivity contribution in [1.29, 1.82) is 0 Å². The lowest BCUT2D eigenvalue weighted by Crippen LogP contribution is -1.97. The Bertz CT molecular complexity index is 359. The zero-order valence-corrected chi connectivity index (χ0v) is 6.51. The molecule has 0 heterocycles. The Morgan fingerprint density at radius 2 is 2.15 bits per heavy atom. The van der Waals surface area contributed by atoms with E-state index in [0.29, 0.717) is 5.56 Å². The summed E-state index contributed by atoms with van der Waals surface area (Å²) in [7, 11) is 0. The Labute approximate surface area is 73.6 Å². The van der Waals surface area contributed by atoms with Gasteiger partial charge in [0.25, 0.3) is 0 Å². The quantitative estimate of drug-likeness (QED) is 0.359. The number of benzene rings is 1. The molecule has 1 aromatic rings. The summed E-state index contributed by atoms with van der Waals surface area (Å²) in [5, 5.41) is 28.6. The largest absolute Gasteiger partial charge is 0.507 e. The van der Waals surface area contributed by atoms with Crippen LogP contribution in [0.2, 0.25) is 0 Å². The lowest BCUT2D eigenvalue weighted by Gasteiger charge is -1.99. The van der Waals surface area contributed by atoms with Gasteiger partial charge in [0.05, 0.1) is 6.21 Å². The molecule has 0 spiro atoms. The van der Waals surface area contributed by atoms with Gasteiger partial charge in [-0.1, -0.05) is 5.16 Å². The van der Waals surface area contributed by atoms with Gasteiger partial charge < -0.3 is 15.4 Å².